The molecule has 0 atom stereocenters. The number of nitrogens with zero attached hydrogens (tertiary/aromatic N) is 6. The maximum atomic E-state index is 9.19. The lowest BCUT2D eigenvalue weighted by atomic mass is 10.2. The van der Waals surface area contributed by atoms with Crippen molar-refractivity contribution in [2.24, 2.45) is 0 Å². The Morgan fingerprint density at radius 3 is 2.60 bits per heavy atom. The molecule has 0 aliphatic heterocycles. The first-order chi connectivity index (χ1) is 12.2. The number of hydrogen-bond acceptors (Lipinski definition) is 6. The highest BCUT2D eigenvalue weighted by Gasteiger charge is 2.17. The van der Waals surface area contributed by atoms with Crippen LogP contribution in [0.2, 0.25) is 0 Å². The molecule has 0 aliphatic carbocycles. The Hall–Kier alpha value is -2.74. The molecule has 0 amide bonds. The minimum Gasteiger partial charge on any atom is -0.394 e. The summed E-state index contributed by atoms with van der Waals surface area (Å²) in [6.07, 6.45) is 8.21. The molecule has 8 heteroatoms. The van der Waals surface area contributed by atoms with E-state index < -0.39 is 0 Å². The molecule has 0 radical (unpaired) electrons. The van der Waals surface area contributed by atoms with Gasteiger partial charge in [0.1, 0.15) is 5.82 Å². The van der Waals surface area contributed by atoms with Gasteiger partial charge in [-0.2, -0.15) is 5.10 Å². The van der Waals surface area contributed by atoms with Gasteiger partial charge in [0.25, 0.3) is 0 Å². The Morgan fingerprint density at radius 1 is 1.16 bits per heavy atom. The Balaban J connectivity index is 1.96. The fourth-order valence-electron chi connectivity index (χ4n) is 2.82. The third-order valence-corrected chi connectivity index (χ3v) is 3.98. The molecule has 0 aromatic carbocycles. The van der Waals surface area contributed by atoms with Gasteiger partial charge in [-0.1, -0.05) is 6.92 Å². The van der Waals surface area contributed by atoms with Gasteiger partial charge < -0.3 is 10.4 Å². The number of aliphatic hydroxyl groups is 1. The molecule has 0 saturated carbocycles. The van der Waals surface area contributed by atoms with Gasteiger partial charge in [0.05, 0.1) is 35.8 Å². The minimum absolute atomic E-state index is 0.0538. The summed E-state index contributed by atoms with van der Waals surface area (Å²) in [5, 5.41) is 16.9. The highest BCUT2D eigenvalue weighted by atomic mass is 16.3. The molecule has 3 rings (SSSR count). The predicted octanol–water partition coefficient (Wildman–Crippen LogP) is 1.96. The van der Waals surface area contributed by atoms with E-state index in [1.807, 2.05) is 29.3 Å². The standard InChI is InChI=1S/C17H23N7O/c1-4-5-19-17-20-10-14(11-21-17)16-18-6-7-23(16)15-12(2)22-24(8-9-25)13(15)3/h6-7,10-11,25H,4-5,8-9H2,1-3H3,(H,19,20,21). The van der Waals surface area contributed by atoms with Crippen molar-refractivity contribution in [1.29, 1.82) is 0 Å². The summed E-state index contributed by atoms with van der Waals surface area (Å²) in [5.41, 5.74) is 3.66. The van der Waals surface area contributed by atoms with Crippen molar-refractivity contribution in [1.82, 2.24) is 29.3 Å². The second kappa shape index (κ2) is 7.43. The Labute approximate surface area is 146 Å². The lowest BCUT2D eigenvalue weighted by Crippen LogP contribution is -2.07. The molecule has 0 saturated heterocycles. The molecular weight excluding hydrogens is 318 g/mol. The topological polar surface area (TPSA) is 93.7 Å². The molecule has 0 spiro atoms. The van der Waals surface area contributed by atoms with Crippen LogP contribution in [0.15, 0.2) is 24.8 Å². The molecule has 132 valence electrons. The van der Waals surface area contributed by atoms with Crippen LogP contribution in [0.4, 0.5) is 5.95 Å². The van der Waals surface area contributed by atoms with Crippen LogP contribution >= 0.6 is 0 Å². The molecule has 0 bridgehead atoms. The van der Waals surface area contributed by atoms with Crippen LogP contribution in [0.3, 0.4) is 0 Å². The molecule has 3 heterocycles. The van der Waals surface area contributed by atoms with Crippen molar-refractivity contribution >= 4 is 5.95 Å². The van der Waals surface area contributed by atoms with E-state index in [9.17, 15) is 5.11 Å². The fourth-order valence-corrected chi connectivity index (χ4v) is 2.82. The van der Waals surface area contributed by atoms with E-state index in [4.69, 9.17) is 0 Å². The van der Waals surface area contributed by atoms with Gasteiger partial charge in [-0.3, -0.25) is 9.25 Å². The van der Waals surface area contributed by atoms with Crippen LogP contribution in [0, 0.1) is 13.8 Å². The zero-order valence-electron chi connectivity index (χ0n) is 14.8. The molecule has 2 N–H and O–H groups in total. The Kier molecular flexibility index (Phi) is 5.08. The van der Waals surface area contributed by atoms with E-state index >= 15 is 0 Å². The first-order valence-electron chi connectivity index (χ1n) is 8.40. The second-order valence-electron chi connectivity index (χ2n) is 5.81. The molecule has 0 aliphatic rings. The third-order valence-electron chi connectivity index (χ3n) is 3.98. The van der Waals surface area contributed by atoms with Crippen molar-refractivity contribution in [2.75, 3.05) is 18.5 Å². The van der Waals surface area contributed by atoms with Gasteiger partial charge in [0.15, 0.2) is 0 Å². The maximum absolute atomic E-state index is 9.19. The van der Waals surface area contributed by atoms with Crippen molar-refractivity contribution in [3.8, 4) is 17.1 Å². The summed E-state index contributed by atoms with van der Waals surface area (Å²) >= 11 is 0. The number of aliphatic hydroxyl groups excluding tert-OH is 1. The quantitative estimate of drug-likeness (QED) is 0.682. The summed E-state index contributed by atoms with van der Waals surface area (Å²) in [4.78, 5) is 13.2. The summed E-state index contributed by atoms with van der Waals surface area (Å²) in [6.45, 7) is 7.41. The van der Waals surface area contributed by atoms with Crippen LogP contribution < -0.4 is 5.32 Å². The first kappa shape index (κ1) is 17.1. The van der Waals surface area contributed by atoms with Gasteiger partial charge >= 0.3 is 0 Å². The first-order valence-corrected chi connectivity index (χ1v) is 8.40. The number of anilines is 1. The molecule has 8 nitrogen and oxygen atoms in total. The lowest BCUT2D eigenvalue weighted by molar-refractivity contribution is 0.268. The number of hydrogen-bond donors (Lipinski definition) is 2. The van der Waals surface area contributed by atoms with Crippen LogP contribution in [0.25, 0.3) is 17.1 Å². The number of rotatable bonds is 7. The Morgan fingerprint density at radius 2 is 1.92 bits per heavy atom. The zero-order valence-corrected chi connectivity index (χ0v) is 14.8. The monoisotopic (exact) mass is 341 g/mol. The zero-order chi connectivity index (χ0) is 17.8. The van der Waals surface area contributed by atoms with Crippen molar-refractivity contribution in [3.63, 3.8) is 0 Å². The van der Waals surface area contributed by atoms with E-state index in [1.165, 1.54) is 0 Å². The molecule has 0 fully saturated rings. The van der Waals surface area contributed by atoms with E-state index in [-0.39, 0.29) is 6.61 Å². The van der Waals surface area contributed by atoms with Gasteiger partial charge in [-0.05, 0) is 20.3 Å². The lowest BCUT2D eigenvalue weighted by Gasteiger charge is -2.09. The van der Waals surface area contributed by atoms with Crippen molar-refractivity contribution in [3.05, 3.63) is 36.2 Å². The second-order valence-corrected chi connectivity index (χ2v) is 5.81. The average Bonchev–Trinajstić information content (AvgIpc) is 3.19. The normalized spacial score (nSPS) is 11.0. The van der Waals surface area contributed by atoms with Gasteiger partial charge in [-0.15, -0.1) is 0 Å². The molecule has 25 heavy (non-hydrogen) atoms. The predicted molar refractivity (Wildman–Crippen MR) is 95.7 cm³/mol. The summed E-state index contributed by atoms with van der Waals surface area (Å²) in [5.74, 6) is 1.38. The number of nitrogens with one attached hydrogen (secondary N) is 1. The largest absolute Gasteiger partial charge is 0.394 e. The summed E-state index contributed by atoms with van der Waals surface area (Å²) in [7, 11) is 0. The molecule has 3 aromatic heterocycles. The van der Waals surface area contributed by atoms with E-state index in [2.05, 4.69) is 32.3 Å². The average molecular weight is 341 g/mol. The summed E-state index contributed by atoms with van der Waals surface area (Å²) in [6, 6.07) is 0. The van der Waals surface area contributed by atoms with E-state index in [1.54, 1.807) is 18.6 Å². The maximum Gasteiger partial charge on any atom is 0.222 e. The van der Waals surface area contributed by atoms with E-state index in [0.29, 0.717) is 12.5 Å². The number of imidazole rings is 1. The molecule has 3 aromatic rings. The fraction of sp³-hybridized carbons (Fsp3) is 0.412. The highest BCUT2D eigenvalue weighted by molar-refractivity contribution is 5.59. The SMILES string of the molecule is CCCNc1ncc(-c2nccn2-c2c(C)nn(CCO)c2C)cn1. The minimum atomic E-state index is 0.0538. The van der Waals surface area contributed by atoms with Gasteiger partial charge in [0.2, 0.25) is 5.95 Å². The molecular formula is C17H23N7O. The highest BCUT2D eigenvalue weighted by Crippen LogP contribution is 2.25. The van der Waals surface area contributed by atoms with E-state index in [0.717, 1.165) is 41.4 Å². The van der Waals surface area contributed by atoms with Crippen LogP contribution in [-0.4, -0.2) is 47.6 Å². The van der Waals surface area contributed by atoms with Gasteiger partial charge in [0, 0.05) is 31.3 Å². The van der Waals surface area contributed by atoms with Crippen molar-refractivity contribution in [2.45, 2.75) is 33.7 Å². The van der Waals surface area contributed by atoms with Crippen molar-refractivity contribution < 1.29 is 5.11 Å². The third kappa shape index (κ3) is 3.39. The van der Waals surface area contributed by atoms with Crippen LogP contribution in [0.5, 0.6) is 0 Å². The number of aromatic nitrogens is 6. The smallest absolute Gasteiger partial charge is 0.222 e. The van der Waals surface area contributed by atoms with Gasteiger partial charge in [-0.25, -0.2) is 15.0 Å². The summed E-state index contributed by atoms with van der Waals surface area (Å²) < 4.78 is 3.80. The number of aryl methyl sites for hydroxylation is 1. The van der Waals surface area contributed by atoms with Crippen LogP contribution in [-0.2, 0) is 6.54 Å². The van der Waals surface area contributed by atoms with Crippen LogP contribution in [0.1, 0.15) is 24.7 Å². The Bertz CT molecular complexity index is 835. The molecule has 0 unspecified atom stereocenters.